The fraction of sp³-hybridized carbons (Fsp3) is 0.500. The molecule has 11 heavy (non-hydrogen) atoms. The molecule has 1 rings (SSSR count). The summed E-state index contributed by atoms with van der Waals surface area (Å²) in [6.45, 7) is 6.03. The van der Waals surface area contributed by atoms with Gasteiger partial charge in [0.2, 0.25) is 5.95 Å². The number of nitrogens with zero attached hydrogens (tertiary/aromatic N) is 2. The molecule has 0 spiro atoms. The van der Waals surface area contributed by atoms with Crippen LogP contribution in [0.15, 0.2) is 12.4 Å². The Hall–Kier alpha value is -0.990. The molecule has 0 unspecified atom stereocenters. The normalized spacial score (nSPS) is 11.6. The molecule has 0 aliphatic heterocycles. The lowest BCUT2D eigenvalue weighted by atomic mass is 9.93. The molecular weight excluding hydrogens is 143 g/mol. The second kappa shape index (κ2) is 2.57. The predicted molar refractivity (Wildman–Crippen MR) is 40.7 cm³/mol. The average Bonchev–Trinajstić information content (AvgIpc) is 1.86. The standard InChI is InChI=1S/C8H11FN2/c1-8(2,3)6-4-11-7(9)5-10-6/h4-5H,1-3H3. The molecule has 0 fully saturated rings. The van der Waals surface area contributed by atoms with E-state index in [-0.39, 0.29) is 5.41 Å². The van der Waals surface area contributed by atoms with Crippen LogP contribution < -0.4 is 0 Å². The largest absolute Gasteiger partial charge is 0.254 e. The summed E-state index contributed by atoms with van der Waals surface area (Å²) in [6, 6.07) is 0. The van der Waals surface area contributed by atoms with Crippen LogP contribution in [-0.2, 0) is 5.41 Å². The summed E-state index contributed by atoms with van der Waals surface area (Å²) >= 11 is 0. The molecule has 0 radical (unpaired) electrons. The molecule has 0 saturated heterocycles. The smallest absolute Gasteiger partial charge is 0.231 e. The Kier molecular flexibility index (Phi) is 1.89. The maximum absolute atomic E-state index is 12.3. The van der Waals surface area contributed by atoms with Gasteiger partial charge in [-0.25, -0.2) is 4.98 Å². The Morgan fingerprint density at radius 3 is 2.18 bits per heavy atom. The molecule has 0 bridgehead atoms. The van der Waals surface area contributed by atoms with Gasteiger partial charge < -0.3 is 0 Å². The van der Waals surface area contributed by atoms with E-state index in [9.17, 15) is 4.39 Å². The molecule has 0 saturated carbocycles. The molecule has 1 aromatic heterocycles. The van der Waals surface area contributed by atoms with Gasteiger partial charge in [0, 0.05) is 5.41 Å². The van der Waals surface area contributed by atoms with Crippen molar-refractivity contribution in [1.29, 1.82) is 0 Å². The van der Waals surface area contributed by atoms with Gasteiger partial charge in [-0.1, -0.05) is 20.8 Å². The van der Waals surface area contributed by atoms with Crippen LogP contribution in [0.2, 0.25) is 0 Å². The molecule has 1 aromatic rings. The van der Waals surface area contributed by atoms with E-state index in [4.69, 9.17) is 0 Å². The van der Waals surface area contributed by atoms with Crippen molar-refractivity contribution >= 4 is 0 Å². The number of hydrogen-bond donors (Lipinski definition) is 0. The van der Waals surface area contributed by atoms with Gasteiger partial charge in [0.15, 0.2) is 0 Å². The molecule has 2 nitrogen and oxygen atoms in total. The minimum atomic E-state index is -0.530. The van der Waals surface area contributed by atoms with Gasteiger partial charge in [0.1, 0.15) is 0 Å². The van der Waals surface area contributed by atoms with Crippen LogP contribution in [0, 0.1) is 5.95 Å². The molecule has 0 aliphatic rings. The minimum absolute atomic E-state index is 0.0549. The molecule has 3 heteroatoms. The summed E-state index contributed by atoms with van der Waals surface area (Å²) < 4.78 is 12.3. The van der Waals surface area contributed by atoms with Crippen molar-refractivity contribution in [2.24, 2.45) is 0 Å². The fourth-order valence-electron chi connectivity index (χ4n) is 0.700. The summed E-state index contributed by atoms with van der Waals surface area (Å²) in [6.07, 6.45) is 2.61. The molecule has 1 heterocycles. The van der Waals surface area contributed by atoms with Crippen molar-refractivity contribution in [3.05, 3.63) is 24.0 Å². The first-order valence-corrected chi connectivity index (χ1v) is 3.48. The lowest BCUT2D eigenvalue weighted by Gasteiger charge is -2.15. The Bertz CT molecular complexity index is 235. The first-order chi connectivity index (χ1) is 5.00. The van der Waals surface area contributed by atoms with E-state index in [1.807, 2.05) is 20.8 Å². The highest BCUT2D eigenvalue weighted by Gasteiger charge is 2.15. The van der Waals surface area contributed by atoms with E-state index in [2.05, 4.69) is 9.97 Å². The third kappa shape index (κ3) is 1.97. The summed E-state index contributed by atoms with van der Waals surface area (Å²) in [5, 5.41) is 0. The zero-order chi connectivity index (χ0) is 8.48. The van der Waals surface area contributed by atoms with E-state index in [1.54, 1.807) is 0 Å². The SMILES string of the molecule is CC(C)(C)c1cnc(F)cn1. The molecule has 0 amide bonds. The molecule has 0 aromatic carbocycles. The van der Waals surface area contributed by atoms with Crippen LogP contribution in [0.25, 0.3) is 0 Å². The third-order valence-corrected chi connectivity index (χ3v) is 1.39. The maximum Gasteiger partial charge on any atom is 0.231 e. The van der Waals surface area contributed by atoms with Crippen LogP contribution in [0.1, 0.15) is 26.5 Å². The summed E-state index contributed by atoms with van der Waals surface area (Å²) in [7, 11) is 0. The average molecular weight is 154 g/mol. The number of rotatable bonds is 0. The quantitative estimate of drug-likeness (QED) is 0.570. The van der Waals surface area contributed by atoms with E-state index >= 15 is 0 Å². The highest BCUT2D eigenvalue weighted by atomic mass is 19.1. The van der Waals surface area contributed by atoms with Gasteiger partial charge >= 0.3 is 0 Å². The van der Waals surface area contributed by atoms with Gasteiger partial charge in [-0.2, -0.15) is 4.39 Å². The first-order valence-electron chi connectivity index (χ1n) is 3.48. The van der Waals surface area contributed by atoms with Gasteiger partial charge in [0.25, 0.3) is 0 Å². The second-order valence-electron chi connectivity index (χ2n) is 3.47. The van der Waals surface area contributed by atoms with Crippen molar-refractivity contribution in [2.75, 3.05) is 0 Å². The number of aromatic nitrogens is 2. The Balaban J connectivity index is 2.99. The Morgan fingerprint density at radius 1 is 1.18 bits per heavy atom. The van der Waals surface area contributed by atoms with Gasteiger partial charge in [-0.15, -0.1) is 0 Å². The second-order valence-corrected chi connectivity index (χ2v) is 3.47. The monoisotopic (exact) mass is 154 g/mol. The highest BCUT2D eigenvalue weighted by Crippen LogP contribution is 2.17. The first kappa shape index (κ1) is 8.11. The van der Waals surface area contributed by atoms with Crippen LogP contribution in [-0.4, -0.2) is 9.97 Å². The molecule has 0 aliphatic carbocycles. The minimum Gasteiger partial charge on any atom is -0.254 e. The van der Waals surface area contributed by atoms with E-state index < -0.39 is 5.95 Å². The zero-order valence-electron chi connectivity index (χ0n) is 6.93. The van der Waals surface area contributed by atoms with Crippen molar-refractivity contribution in [1.82, 2.24) is 9.97 Å². The summed E-state index contributed by atoms with van der Waals surface area (Å²) in [4.78, 5) is 7.43. The molecule has 0 atom stereocenters. The Morgan fingerprint density at radius 2 is 1.82 bits per heavy atom. The van der Waals surface area contributed by atoms with Gasteiger partial charge in [-0.3, -0.25) is 4.98 Å². The van der Waals surface area contributed by atoms with Crippen molar-refractivity contribution in [3.8, 4) is 0 Å². The van der Waals surface area contributed by atoms with Crippen LogP contribution in [0.3, 0.4) is 0 Å². The highest BCUT2D eigenvalue weighted by molar-refractivity contribution is 5.07. The van der Waals surface area contributed by atoms with E-state index in [1.165, 1.54) is 6.20 Å². The lowest BCUT2D eigenvalue weighted by Crippen LogP contribution is -2.13. The van der Waals surface area contributed by atoms with Crippen molar-refractivity contribution in [2.45, 2.75) is 26.2 Å². The van der Waals surface area contributed by atoms with Crippen molar-refractivity contribution < 1.29 is 4.39 Å². The van der Waals surface area contributed by atoms with E-state index in [0.717, 1.165) is 11.9 Å². The maximum atomic E-state index is 12.3. The fourth-order valence-corrected chi connectivity index (χ4v) is 0.700. The van der Waals surface area contributed by atoms with Crippen LogP contribution >= 0.6 is 0 Å². The topological polar surface area (TPSA) is 25.8 Å². The molecule has 0 N–H and O–H groups in total. The lowest BCUT2D eigenvalue weighted by molar-refractivity contribution is 0.535. The third-order valence-electron chi connectivity index (χ3n) is 1.39. The van der Waals surface area contributed by atoms with Gasteiger partial charge in [0.05, 0.1) is 18.1 Å². The Labute approximate surface area is 65.5 Å². The van der Waals surface area contributed by atoms with E-state index in [0.29, 0.717) is 0 Å². The number of halogens is 1. The van der Waals surface area contributed by atoms with Gasteiger partial charge in [-0.05, 0) is 0 Å². The zero-order valence-corrected chi connectivity index (χ0v) is 6.93. The predicted octanol–water partition coefficient (Wildman–Crippen LogP) is 1.91. The molecular formula is C8H11FN2. The summed E-state index contributed by atoms with van der Waals surface area (Å²) in [5.74, 6) is -0.530. The van der Waals surface area contributed by atoms with Crippen molar-refractivity contribution in [3.63, 3.8) is 0 Å². The molecule has 60 valence electrons. The van der Waals surface area contributed by atoms with Crippen LogP contribution in [0.4, 0.5) is 4.39 Å². The van der Waals surface area contributed by atoms with Crippen LogP contribution in [0.5, 0.6) is 0 Å². The number of hydrogen-bond acceptors (Lipinski definition) is 2. The summed E-state index contributed by atoms with van der Waals surface area (Å²) in [5.41, 5.74) is 0.750.